The van der Waals surface area contributed by atoms with Gasteiger partial charge in [-0.1, -0.05) is 11.6 Å². The molecule has 0 bridgehead atoms. The van der Waals surface area contributed by atoms with Crippen LogP contribution in [0.1, 0.15) is 12.8 Å². The molecule has 1 heterocycles. The normalized spacial score (nSPS) is 13.0. The first-order valence-electron chi connectivity index (χ1n) is 7.78. The minimum atomic E-state index is -0.126. The van der Waals surface area contributed by atoms with Crippen LogP contribution in [0.25, 0.3) is 0 Å². The van der Waals surface area contributed by atoms with Crippen LogP contribution < -0.4 is 19.5 Å². The van der Waals surface area contributed by atoms with E-state index < -0.39 is 0 Å². The van der Waals surface area contributed by atoms with E-state index in [1.165, 1.54) is 0 Å². The highest BCUT2D eigenvalue weighted by Gasteiger charge is 2.12. The first-order valence-corrected chi connectivity index (χ1v) is 8.16. The van der Waals surface area contributed by atoms with Gasteiger partial charge in [0, 0.05) is 23.2 Å². The predicted octanol–water partition coefficient (Wildman–Crippen LogP) is 3.91. The highest BCUT2D eigenvalue weighted by atomic mass is 35.5. The van der Waals surface area contributed by atoms with Crippen LogP contribution in [0.2, 0.25) is 5.02 Å². The van der Waals surface area contributed by atoms with Gasteiger partial charge in [0.05, 0.1) is 26.2 Å². The van der Waals surface area contributed by atoms with Crippen LogP contribution in [0.5, 0.6) is 17.2 Å². The monoisotopic (exact) mass is 347 g/mol. The molecule has 0 aliphatic carbocycles. The van der Waals surface area contributed by atoms with Gasteiger partial charge >= 0.3 is 0 Å². The van der Waals surface area contributed by atoms with Crippen molar-refractivity contribution in [3.8, 4) is 17.2 Å². The SMILES string of the molecule is O=C(CCOc1ccc(Cl)cc1)Nc1ccc2c(c1)OCCCO2. The van der Waals surface area contributed by atoms with E-state index in [-0.39, 0.29) is 18.9 Å². The number of nitrogens with one attached hydrogen (secondary N) is 1. The van der Waals surface area contributed by atoms with Crippen molar-refractivity contribution < 1.29 is 19.0 Å². The Morgan fingerprint density at radius 2 is 1.83 bits per heavy atom. The molecule has 1 aliphatic heterocycles. The largest absolute Gasteiger partial charge is 0.493 e. The summed E-state index contributed by atoms with van der Waals surface area (Å²) in [4.78, 5) is 12.0. The van der Waals surface area contributed by atoms with Gasteiger partial charge in [-0.15, -0.1) is 0 Å². The van der Waals surface area contributed by atoms with Crippen LogP contribution in [0.4, 0.5) is 5.69 Å². The zero-order valence-corrected chi connectivity index (χ0v) is 13.8. The van der Waals surface area contributed by atoms with E-state index >= 15 is 0 Å². The molecule has 0 spiro atoms. The van der Waals surface area contributed by atoms with Crippen LogP contribution in [-0.4, -0.2) is 25.7 Å². The number of amides is 1. The molecule has 24 heavy (non-hydrogen) atoms. The molecule has 1 aliphatic rings. The van der Waals surface area contributed by atoms with E-state index in [9.17, 15) is 4.79 Å². The Morgan fingerprint density at radius 1 is 1.08 bits per heavy atom. The Hall–Kier alpha value is -2.40. The van der Waals surface area contributed by atoms with Crippen molar-refractivity contribution in [3.05, 3.63) is 47.5 Å². The molecule has 6 heteroatoms. The average Bonchev–Trinajstić information content (AvgIpc) is 2.81. The highest BCUT2D eigenvalue weighted by Crippen LogP contribution is 2.32. The molecule has 3 rings (SSSR count). The summed E-state index contributed by atoms with van der Waals surface area (Å²) in [5, 5.41) is 3.48. The first kappa shape index (κ1) is 16.5. The van der Waals surface area contributed by atoms with E-state index in [1.807, 2.05) is 0 Å². The number of fused-ring (bicyclic) bond motifs is 1. The van der Waals surface area contributed by atoms with Crippen LogP contribution in [0.15, 0.2) is 42.5 Å². The summed E-state index contributed by atoms with van der Waals surface area (Å²) in [6, 6.07) is 12.4. The average molecular weight is 348 g/mol. The van der Waals surface area contributed by atoms with Crippen molar-refractivity contribution in [1.82, 2.24) is 0 Å². The van der Waals surface area contributed by atoms with Crippen molar-refractivity contribution in [2.45, 2.75) is 12.8 Å². The molecule has 1 N–H and O–H groups in total. The minimum Gasteiger partial charge on any atom is -0.493 e. The summed E-state index contributed by atoms with van der Waals surface area (Å²) in [5.74, 6) is 1.92. The number of anilines is 1. The maximum atomic E-state index is 12.0. The van der Waals surface area contributed by atoms with Crippen LogP contribution in [0.3, 0.4) is 0 Å². The third kappa shape index (κ3) is 4.55. The number of carbonyl (C=O) groups excluding carboxylic acids is 1. The lowest BCUT2D eigenvalue weighted by molar-refractivity contribution is -0.116. The van der Waals surface area contributed by atoms with E-state index in [4.69, 9.17) is 25.8 Å². The number of carbonyl (C=O) groups is 1. The van der Waals surface area contributed by atoms with Gasteiger partial charge < -0.3 is 19.5 Å². The molecule has 0 saturated carbocycles. The fourth-order valence-electron chi connectivity index (χ4n) is 2.26. The predicted molar refractivity (Wildman–Crippen MR) is 92.2 cm³/mol. The lowest BCUT2D eigenvalue weighted by Gasteiger charge is -2.11. The quantitative estimate of drug-likeness (QED) is 0.891. The van der Waals surface area contributed by atoms with Gasteiger partial charge in [0.15, 0.2) is 11.5 Å². The van der Waals surface area contributed by atoms with Gasteiger partial charge in [-0.2, -0.15) is 0 Å². The van der Waals surface area contributed by atoms with Crippen molar-refractivity contribution in [2.75, 3.05) is 25.1 Å². The second-order valence-corrected chi connectivity index (χ2v) is 5.75. The van der Waals surface area contributed by atoms with Crippen molar-refractivity contribution in [2.24, 2.45) is 0 Å². The molecule has 2 aromatic carbocycles. The van der Waals surface area contributed by atoms with Gasteiger partial charge in [-0.05, 0) is 36.4 Å². The molecule has 0 saturated heterocycles. The third-order valence-electron chi connectivity index (χ3n) is 3.44. The second-order valence-electron chi connectivity index (χ2n) is 5.31. The summed E-state index contributed by atoms with van der Waals surface area (Å²) < 4.78 is 16.7. The van der Waals surface area contributed by atoms with Gasteiger partial charge in [-0.25, -0.2) is 0 Å². The fourth-order valence-corrected chi connectivity index (χ4v) is 2.38. The van der Waals surface area contributed by atoms with E-state index in [0.717, 1.165) is 6.42 Å². The molecule has 5 nitrogen and oxygen atoms in total. The Labute approximate surface area is 145 Å². The number of halogens is 1. The summed E-state index contributed by atoms with van der Waals surface area (Å²) in [6.45, 7) is 1.54. The zero-order valence-electron chi connectivity index (χ0n) is 13.1. The topological polar surface area (TPSA) is 56.8 Å². The number of hydrogen-bond donors (Lipinski definition) is 1. The lowest BCUT2D eigenvalue weighted by atomic mass is 10.2. The smallest absolute Gasteiger partial charge is 0.227 e. The number of ether oxygens (including phenoxy) is 3. The van der Waals surface area contributed by atoms with Crippen molar-refractivity contribution in [1.29, 1.82) is 0 Å². The van der Waals surface area contributed by atoms with Crippen molar-refractivity contribution >= 4 is 23.2 Å². The Morgan fingerprint density at radius 3 is 2.62 bits per heavy atom. The Balaban J connectivity index is 1.49. The summed E-state index contributed by atoms with van der Waals surface area (Å²) in [7, 11) is 0. The molecule has 0 fully saturated rings. The highest BCUT2D eigenvalue weighted by molar-refractivity contribution is 6.30. The summed E-state index contributed by atoms with van der Waals surface area (Å²) in [6.07, 6.45) is 1.09. The van der Waals surface area contributed by atoms with Gasteiger partial charge in [-0.3, -0.25) is 4.79 Å². The lowest BCUT2D eigenvalue weighted by Crippen LogP contribution is -2.15. The molecule has 0 radical (unpaired) electrons. The van der Waals surface area contributed by atoms with Crippen LogP contribution in [-0.2, 0) is 4.79 Å². The van der Waals surface area contributed by atoms with E-state index in [1.54, 1.807) is 42.5 Å². The van der Waals surface area contributed by atoms with Crippen LogP contribution >= 0.6 is 11.6 Å². The van der Waals surface area contributed by atoms with Gasteiger partial charge in [0.1, 0.15) is 5.75 Å². The maximum absolute atomic E-state index is 12.0. The molecule has 1 amide bonds. The maximum Gasteiger partial charge on any atom is 0.227 e. The molecule has 0 atom stereocenters. The Bertz CT molecular complexity index is 703. The molecule has 0 unspecified atom stereocenters. The van der Waals surface area contributed by atoms with E-state index in [0.29, 0.717) is 41.2 Å². The third-order valence-corrected chi connectivity index (χ3v) is 3.69. The zero-order chi connectivity index (χ0) is 16.8. The van der Waals surface area contributed by atoms with Gasteiger partial charge in [0.2, 0.25) is 5.91 Å². The van der Waals surface area contributed by atoms with Gasteiger partial charge in [0.25, 0.3) is 0 Å². The standard InChI is InChI=1S/C18H18ClNO4/c19-13-2-5-15(6-3-13)22-11-8-18(21)20-14-4-7-16-17(12-14)24-10-1-9-23-16/h2-7,12H,1,8-11H2,(H,20,21). The first-order chi connectivity index (χ1) is 11.7. The summed E-state index contributed by atoms with van der Waals surface area (Å²) >= 11 is 5.81. The van der Waals surface area contributed by atoms with Crippen LogP contribution in [0, 0.1) is 0 Å². The number of rotatable bonds is 5. The fraction of sp³-hybridized carbons (Fsp3) is 0.278. The Kier molecular flexibility index (Phi) is 5.43. The molecule has 2 aromatic rings. The van der Waals surface area contributed by atoms with E-state index in [2.05, 4.69) is 5.32 Å². The number of hydrogen-bond acceptors (Lipinski definition) is 4. The molecule has 126 valence electrons. The minimum absolute atomic E-state index is 0.126. The van der Waals surface area contributed by atoms with Crippen molar-refractivity contribution in [3.63, 3.8) is 0 Å². The second kappa shape index (κ2) is 7.93. The molecular formula is C18H18ClNO4. The molecule has 0 aromatic heterocycles. The summed E-state index contributed by atoms with van der Waals surface area (Å²) in [5.41, 5.74) is 0.677. The molecular weight excluding hydrogens is 330 g/mol. The number of benzene rings is 2.